The van der Waals surface area contributed by atoms with Crippen molar-refractivity contribution >= 4 is 23.6 Å². The van der Waals surface area contributed by atoms with Crippen LogP contribution in [0, 0.1) is 0 Å². The predicted molar refractivity (Wildman–Crippen MR) is 45.3 cm³/mol. The lowest BCUT2D eigenvalue weighted by atomic mass is 10.2. The van der Waals surface area contributed by atoms with Crippen LogP contribution in [-0.2, 0) is 0 Å². The maximum atomic E-state index is 3.08. The Morgan fingerprint density at radius 1 is 1.10 bits per heavy atom. The van der Waals surface area contributed by atoms with Gasteiger partial charge in [0.1, 0.15) is 0 Å². The maximum Gasteiger partial charge on any atom is 0.0154 e. The van der Waals surface area contributed by atoms with Crippen LogP contribution in [0.1, 0.15) is 0 Å². The Balaban J connectivity index is 2.84. The number of hydrogen-bond acceptors (Lipinski definition) is 2. The Labute approximate surface area is 63.6 Å². The molecule has 1 aromatic carbocycles. The fourth-order valence-corrected chi connectivity index (χ4v) is 1.55. The van der Waals surface area contributed by atoms with Crippen molar-refractivity contribution < 1.29 is 0 Å². The predicted octanol–water partition coefficient (Wildman–Crippen LogP) is 0.414. The Morgan fingerprint density at radius 3 is 2.70 bits per heavy atom. The van der Waals surface area contributed by atoms with Gasteiger partial charge in [0.2, 0.25) is 0 Å². The Hall–Kier alpha value is -0.890. The zero-order valence-corrected chi connectivity index (χ0v) is 6.19. The summed E-state index contributed by atoms with van der Waals surface area (Å²) in [5, 5.41) is 4.67. The smallest absolute Gasteiger partial charge is 0.0154 e. The Bertz CT molecular complexity index is 308. The Kier molecular flexibility index (Phi) is 1.40. The topological polar surface area (TPSA) is 12.0 Å². The molecule has 1 heterocycles. The third kappa shape index (κ3) is 0.907. The molecule has 0 amide bonds. The SMILES string of the molecule is C1=c2ccccc2=CSN1. The lowest BCUT2D eigenvalue weighted by Gasteiger charge is -1.99. The first kappa shape index (κ1) is 5.86. The number of fused-ring (bicyclic) bond motifs is 1. The van der Waals surface area contributed by atoms with Gasteiger partial charge in [0.25, 0.3) is 0 Å². The van der Waals surface area contributed by atoms with Gasteiger partial charge in [-0.1, -0.05) is 24.3 Å². The summed E-state index contributed by atoms with van der Waals surface area (Å²) in [5.74, 6) is 0. The summed E-state index contributed by atoms with van der Waals surface area (Å²) in [4.78, 5) is 0. The van der Waals surface area contributed by atoms with Crippen molar-refractivity contribution in [1.29, 1.82) is 0 Å². The Morgan fingerprint density at radius 2 is 1.90 bits per heavy atom. The van der Waals surface area contributed by atoms with Crippen LogP contribution in [0.25, 0.3) is 11.6 Å². The van der Waals surface area contributed by atoms with Gasteiger partial charge in [0.15, 0.2) is 0 Å². The first-order chi connectivity index (χ1) is 4.97. The molecule has 0 aromatic heterocycles. The molecule has 1 nitrogen and oxygen atoms in total. The van der Waals surface area contributed by atoms with Crippen LogP contribution in [0.15, 0.2) is 24.3 Å². The zero-order valence-electron chi connectivity index (χ0n) is 5.37. The van der Waals surface area contributed by atoms with Gasteiger partial charge in [-0.15, -0.1) is 0 Å². The van der Waals surface area contributed by atoms with Crippen LogP contribution in [0.3, 0.4) is 0 Å². The second kappa shape index (κ2) is 2.39. The first-order valence-electron chi connectivity index (χ1n) is 3.13. The molecule has 50 valence electrons. The second-order valence-corrected chi connectivity index (χ2v) is 2.83. The van der Waals surface area contributed by atoms with Gasteiger partial charge in [0.05, 0.1) is 0 Å². The molecule has 2 rings (SSSR count). The molecule has 0 bridgehead atoms. The number of nitrogens with one attached hydrogen (secondary N) is 1. The third-order valence-electron chi connectivity index (χ3n) is 1.46. The fourth-order valence-electron chi connectivity index (χ4n) is 0.945. The second-order valence-electron chi connectivity index (χ2n) is 2.13. The molecular formula is C8H7NS. The van der Waals surface area contributed by atoms with E-state index in [0.717, 1.165) is 0 Å². The molecule has 2 heteroatoms. The highest BCUT2D eigenvalue weighted by Crippen LogP contribution is 1.94. The number of hydrogen-bond donors (Lipinski definition) is 1. The summed E-state index contributed by atoms with van der Waals surface area (Å²) < 4.78 is 3.08. The van der Waals surface area contributed by atoms with Gasteiger partial charge in [-0.2, -0.15) is 0 Å². The molecular weight excluding hydrogens is 142 g/mol. The molecule has 0 unspecified atom stereocenters. The summed E-state index contributed by atoms with van der Waals surface area (Å²) in [6.45, 7) is 0. The molecule has 1 aliphatic rings. The quantitative estimate of drug-likeness (QED) is 0.536. The summed E-state index contributed by atoms with van der Waals surface area (Å²) in [6.07, 6.45) is 2.01. The highest BCUT2D eigenvalue weighted by atomic mass is 32.2. The van der Waals surface area contributed by atoms with Crippen molar-refractivity contribution in [2.45, 2.75) is 0 Å². The molecule has 1 aromatic rings. The van der Waals surface area contributed by atoms with E-state index < -0.39 is 0 Å². The van der Waals surface area contributed by atoms with E-state index in [1.807, 2.05) is 12.3 Å². The summed E-state index contributed by atoms with van der Waals surface area (Å²) >= 11 is 1.61. The first-order valence-corrected chi connectivity index (χ1v) is 4.01. The molecule has 1 aliphatic heterocycles. The van der Waals surface area contributed by atoms with E-state index in [4.69, 9.17) is 0 Å². The molecule has 0 saturated carbocycles. The normalized spacial score (nSPS) is 14.0. The number of rotatable bonds is 0. The minimum atomic E-state index is 1.27. The average molecular weight is 149 g/mol. The van der Waals surface area contributed by atoms with Crippen LogP contribution < -0.4 is 15.2 Å². The lowest BCUT2D eigenvalue weighted by Crippen LogP contribution is -2.27. The largest absolute Gasteiger partial charge is 0.332 e. The third-order valence-corrected chi connectivity index (χ3v) is 2.09. The van der Waals surface area contributed by atoms with Gasteiger partial charge >= 0.3 is 0 Å². The fraction of sp³-hybridized carbons (Fsp3) is 0. The van der Waals surface area contributed by atoms with Crippen LogP contribution >= 0.6 is 11.9 Å². The van der Waals surface area contributed by atoms with Crippen molar-refractivity contribution in [3.8, 4) is 0 Å². The van der Waals surface area contributed by atoms with Gasteiger partial charge in [-0.3, -0.25) is 0 Å². The summed E-state index contributed by atoms with van der Waals surface area (Å²) in [7, 11) is 0. The van der Waals surface area contributed by atoms with Gasteiger partial charge in [-0.05, 0) is 27.8 Å². The van der Waals surface area contributed by atoms with E-state index in [9.17, 15) is 0 Å². The molecule has 1 N–H and O–H groups in total. The summed E-state index contributed by atoms with van der Waals surface area (Å²) in [5.41, 5.74) is 0. The van der Waals surface area contributed by atoms with Gasteiger partial charge in [-0.25, -0.2) is 0 Å². The van der Waals surface area contributed by atoms with Crippen LogP contribution in [-0.4, -0.2) is 0 Å². The van der Waals surface area contributed by atoms with E-state index in [0.29, 0.717) is 0 Å². The molecule has 10 heavy (non-hydrogen) atoms. The van der Waals surface area contributed by atoms with E-state index in [-0.39, 0.29) is 0 Å². The minimum Gasteiger partial charge on any atom is -0.332 e. The van der Waals surface area contributed by atoms with Crippen molar-refractivity contribution in [3.63, 3.8) is 0 Å². The van der Waals surface area contributed by atoms with Crippen LogP contribution in [0.4, 0.5) is 0 Å². The molecule has 0 fully saturated rings. The van der Waals surface area contributed by atoms with Crippen molar-refractivity contribution in [2.75, 3.05) is 0 Å². The monoisotopic (exact) mass is 149 g/mol. The van der Waals surface area contributed by atoms with E-state index in [2.05, 4.69) is 28.3 Å². The highest BCUT2D eigenvalue weighted by Gasteiger charge is 1.88. The number of benzene rings is 1. The van der Waals surface area contributed by atoms with Crippen molar-refractivity contribution in [3.05, 3.63) is 34.7 Å². The van der Waals surface area contributed by atoms with Crippen molar-refractivity contribution in [2.24, 2.45) is 0 Å². The average Bonchev–Trinajstić information content (AvgIpc) is 2.05. The van der Waals surface area contributed by atoms with Gasteiger partial charge < -0.3 is 4.72 Å². The van der Waals surface area contributed by atoms with Crippen LogP contribution in [0.5, 0.6) is 0 Å². The zero-order chi connectivity index (χ0) is 6.81. The molecule has 0 atom stereocenters. The molecule has 0 saturated heterocycles. The van der Waals surface area contributed by atoms with E-state index in [1.54, 1.807) is 11.9 Å². The van der Waals surface area contributed by atoms with Crippen molar-refractivity contribution in [1.82, 2.24) is 4.72 Å². The van der Waals surface area contributed by atoms with E-state index in [1.165, 1.54) is 10.4 Å². The highest BCUT2D eigenvalue weighted by molar-refractivity contribution is 8.05. The molecule has 0 aliphatic carbocycles. The minimum absolute atomic E-state index is 1.27. The van der Waals surface area contributed by atoms with E-state index >= 15 is 0 Å². The standard InChI is InChI=1S/C8H7NS/c1-2-4-8-6-10-9-5-7(8)3-1/h1-6,9H. The van der Waals surface area contributed by atoms with Crippen LogP contribution in [0.2, 0.25) is 0 Å². The lowest BCUT2D eigenvalue weighted by molar-refractivity contribution is 1.43. The summed E-state index contributed by atoms with van der Waals surface area (Å²) in [6, 6.07) is 8.30. The molecule has 0 radical (unpaired) electrons. The maximum absolute atomic E-state index is 3.08. The van der Waals surface area contributed by atoms with Gasteiger partial charge in [0, 0.05) is 6.20 Å². The molecule has 0 spiro atoms.